The third kappa shape index (κ3) is 2.27. The van der Waals surface area contributed by atoms with Crippen molar-refractivity contribution in [1.29, 1.82) is 0 Å². The van der Waals surface area contributed by atoms with Crippen LogP contribution in [-0.4, -0.2) is 41.2 Å². The molecule has 2 rings (SSSR count). The van der Waals surface area contributed by atoms with Crippen molar-refractivity contribution in [2.24, 2.45) is 0 Å². The molecule has 4 heteroatoms. The van der Waals surface area contributed by atoms with Gasteiger partial charge >= 0.3 is 0 Å². The van der Waals surface area contributed by atoms with Crippen LogP contribution in [-0.2, 0) is 11.3 Å². The molecule has 4 nitrogen and oxygen atoms in total. The molecule has 14 heavy (non-hydrogen) atoms. The number of ether oxygens (including phenoxy) is 1. The molecular weight excluding hydrogens is 178 g/mol. The molecule has 0 saturated carbocycles. The Hall–Kier alpha value is -1.00. The Morgan fingerprint density at radius 3 is 2.93 bits per heavy atom. The van der Waals surface area contributed by atoms with Gasteiger partial charge in [-0.15, -0.1) is 0 Å². The number of nitrogens with zero attached hydrogens (tertiary/aromatic N) is 3. The van der Waals surface area contributed by atoms with Gasteiger partial charge in [0.1, 0.15) is 6.33 Å². The van der Waals surface area contributed by atoms with Crippen LogP contribution < -0.4 is 0 Å². The minimum atomic E-state index is 0.840. The van der Waals surface area contributed by atoms with Crippen LogP contribution in [0, 0.1) is 6.92 Å². The van der Waals surface area contributed by atoms with Gasteiger partial charge in [0.15, 0.2) is 0 Å². The highest BCUT2D eigenvalue weighted by molar-refractivity contribution is 5.13. The van der Waals surface area contributed by atoms with Gasteiger partial charge in [-0.1, -0.05) is 0 Å². The van der Waals surface area contributed by atoms with Crippen LogP contribution in [0.2, 0.25) is 0 Å². The molecule has 2 heterocycles. The van der Waals surface area contributed by atoms with Crippen molar-refractivity contribution < 1.29 is 4.74 Å². The van der Waals surface area contributed by atoms with E-state index in [1.165, 1.54) is 5.56 Å². The summed E-state index contributed by atoms with van der Waals surface area (Å²) in [7, 11) is 0. The molecular formula is C10H15N3O. The van der Waals surface area contributed by atoms with Crippen LogP contribution >= 0.6 is 0 Å². The van der Waals surface area contributed by atoms with Gasteiger partial charge in [0, 0.05) is 37.1 Å². The molecule has 0 aromatic carbocycles. The molecule has 1 aliphatic heterocycles. The highest BCUT2D eigenvalue weighted by atomic mass is 16.5. The molecule has 1 aromatic heterocycles. The second kappa shape index (κ2) is 4.48. The predicted molar refractivity (Wildman–Crippen MR) is 52.9 cm³/mol. The minimum absolute atomic E-state index is 0.840. The Balaban J connectivity index is 1.99. The fraction of sp³-hybridized carbons (Fsp3) is 0.600. The summed E-state index contributed by atoms with van der Waals surface area (Å²) in [6.45, 7) is 6.66. The number of aromatic nitrogens is 2. The van der Waals surface area contributed by atoms with Gasteiger partial charge in [0.05, 0.1) is 13.2 Å². The predicted octanol–water partition coefficient (Wildman–Crippen LogP) is 0.617. The third-order valence-corrected chi connectivity index (χ3v) is 2.51. The zero-order chi connectivity index (χ0) is 9.80. The van der Waals surface area contributed by atoms with E-state index in [2.05, 4.69) is 14.9 Å². The lowest BCUT2D eigenvalue weighted by atomic mass is 10.2. The molecule has 1 aromatic rings. The average Bonchev–Trinajstić information content (AvgIpc) is 2.23. The lowest BCUT2D eigenvalue weighted by molar-refractivity contribution is 0.0340. The van der Waals surface area contributed by atoms with Crippen molar-refractivity contribution >= 4 is 0 Å². The van der Waals surface area contributed by atoms with Crippen molar-refractivity contribution in [3.05, 3.63) is 23.8 Å². The fourth-order valence-electron chi connectivity index (χ4n) is 1.57. The molecule has 1 saturated heterocycles. The lowest BCUT2D eigenvalue weighted by Gasteiger charge is -2.26. The summed E-state index contributed by atoms with van der Waals surface area (Å²) in [5.41, 5.74) is 2.29. The largest absolute Gasteiger partial charge is 0.379 e. The summed E-state index contributed by atoms with van der Waals surface area (Å²) in [4.78, 5) is 10.6. The summed E-state index contributed by atoms with van der Waals surface area (Å²) >= 11 is 0. The summed E-state index contributed by atoms with van der Waals surface area (Å²) in [5.74, 6) is 0. The second-order valence-corrected chi connectivity index (χ2v) is 3.52. The van der Waals surface area contributed by atoms with E-state index < -0.39 is 0 Å². The van der Waals surface area contributed by atoms with E-state index in [9.17, 15) is 0 Å². The van der Waals surface area contributed by atoms with E-state index in [-0.39, 0.29) is 0 Å². The monoisotopic (exact) mass is 193 g/mol. The van der Waals surface area contributed by atoms with Crippen molar-refractivity contribution in [1.82, 2.24) is 14.9 Å². The Morgan fingerprint density at radius 1 is 1.43 bits per heavy atom. The highest BCUT2D eigenvalue weighted by Gasteiger charge is 2.11. The van der Waals surface area contributed by atoms with Gasteiger partial charge in [-0.2, -0.15) is 0 Å². The van der Waals surface area contributed by atoms with Crippen molar-refractivity contribution in [2.45, 2.75) is 13.5 Å². The molecule has 0 aliphatic carbocycles. The van der Waals surface area contributed by atoms with Crippen LogP contribution in [0.4, 0.5) is 0 Å². The van der Waals surface area contributed by atoms with E-state index in [1.54, 1.807) is 6.33 Å². The zero-order valence-electron chi connectivity index (χ0n) is 8.44. The topological polar surface area (TPSA) is 38.2 Å². The Bertz CT molecular complexity index is 297. The minimum Gasteiger partial charge on any atom is -0.379 e. The molecule has 76 valence electrons. The highest BCUT2D eigenvalue weighted by Crippen LogP contribution is 2.07. The Kier molecular flexibility index (Phi) is 3.06. The van der Waals surface area contributed by atoms with E-state index in [4.69, 9.17) is 4.74 Å². The van der Waals surface area contributed by atoms with Gasteiger partial charge in [-0.05, 0) is 6.92 Å². The Morgan fingerprint density at radius 2 is 2.21 bits per heavy atom. The van der Waals surface area contributed by atoms with Gasteiger partial charge in [-0.25, -0.2) is 9.97 Å². The number of rotatable bonds is 2. The Labute approximate surface area is 83.9 Å². The number of hydrogen-bond donors (Lipinski definition) is 0. The molecule has 0 spiro atoms. The smallest absolute Gasteiger partial charge is 0.115 e. The molecule has 0 bridgehead atoms. The molecule has 0 unspecified atom stereocenters. The molecule has 1 aliphatic rings. The molecule has 1 fully saturated rings. The first kappa shape index (κ1) is 9.55. The maximum absolute atomic E-state index is 5.29. The van der Waals surface area contributed by atoms with Gasteiger partial charge < -0.3 is 4.74 Å². The van der Waals surface area contributed by atoms with Crippen molar-refractivity contribution in [3.8, 4) is 0 Å². The van der Waals surface area contributed by atoms with Gasteiger partial charge in [0.25, 0.3) is 0 Å². The first-order valence-electron chi connectivity index (χ1n) is 4.92. The van der Waals surface area contributed by atoms with Crippen molar-refractivity contribution in [2.75, 3.05) is 26.3 Å². The molecule has 0 N–H and O–H groups in total. The van der Waals surface area contributed by atoms with Crippen LogP contribution in [0.5, 0.6) is 0 Å². The SMILES string of the molecule is Cc1ncncc1CN1CCOCC1. The van der Waals surface area contributed by atoms with E-state index in [0.717, 1.165) is 38.5 Å². The van der Waals surface area contributed by atoms with E-state index >= 15 is 0 Å². The molecule has 0 atom stereocenters. The zero-order valence-corrected chi connectivity index (χ0v) is 8.44. The third-order valence-electron chi connectivity index (χ3n) is 2.51. The van der Waals surface area contributed by atoms with Gasteiger partial charge in [0.2, 0.25) is 0 Å². The van der Waals surface area contributed by atoms with Crippen LogP contribution in [0.1, 0.15) is 11.3 Å². The maximum Gasteiger partial charge on any atom is 0.115 e. The van der Waals surface area contributed by atoms with E-state index in [1.807, 2.05) is 13.1 Å². The molecule has 0 amide bonds. The van der Waals surface area contributed by atoms with Crippen molar-refractivity contribution in [3.63, 3.8) is 0 Å². The molecule has 0 radical (unpaired) electrons. The number of hydrogen-bond acceptors (Lipinski definition) is 4. The second-order valence-electron chi connectivity index (χ2n) is 3.52. The average molecular weight is 193 g/mol. The number of aryl methyl sites for hydroxylation is 1. The first-order valence-corrected chi connectivity index (χ1v) is 4.92. The van der Waals surface area contributed by atoms with Crippen LogP contribution in [0.3, 0.4) is 0 Å². The summed E-state index contributed by atoms with van der Waals surface area (Å²) in [6, 6.07) is 0. The van der Waals surface area contributed by atoms with Crippen LogP contribution in [0.25, 0.3) is 0 Å². The standard InChI is InChI=1S/C10H15N3O/c1-9-10(6-11-8-12-9)7-13-2-4-14-5-3-13/h6,8H,2-5,7H2,1H3. The fourth-order valence-corrected chi connectivity index (χ4v) is 1.57. The first-order chi connectivity index (χ1) is 6.86. The number of morpholine rings is 1. The lowest BCUT2D eigenvalue weighted by Crippen LogP contribution is -2.35. The van der Waals surface area contributed by atoms with E-state index in [0.29, 0.717) is 0 Å². The normalized spacial score (nSPS) is 18.4. The maximum atomic E-state index is 5.29. The summed E-state index contributed by atoms with van der Waals surface area (Å²) < 4.78 is 5.29. The van der Waals surface area contributed by atoms with Gasteiger partial charge in [-0.3, -0.25) is 4.90 Å². The quantitative estimate of drug-likeness (QED) is 0.690. The summed E-state index contributed by atoms with van der Waals surface area (Å²) in [5, 5.41) is 0. The summed E-state index contributed by atoms with van der Waals surface area (Å²) in [6.07, 6.45) is 3.50. The van der Waals surface area contributed by atoms with Crippen LogP contribution in [0.15, 0.2) is 12.5 Å².